The van der Waals surface area contributed by atoms with Crippen LogP contribution in [0.2, 0.25) is 0 Å². The van der Waals surface area contributed by atoms with Crippen LogP contribution in [0.5, 0.6) is 5.88 Å². The molecule has 0 amide bonds. The van der Waals surface area contributed by atoms with E-state index in [0.29, 0.717) is 17.0 Å². The summed E-state index contributed by atoms with van der Waals surface area (Å²) in [6, 6.07) is 0. The monoisotopic (exact) mass is 278 g/mol. The summed E-state index contributed by atoms with van der Waals surface area (Å²) in [5.41, 5.74) is 7.14. The van der Waals surface area contributed by atoms with E-state index in [1.165, 1.54) is 6.42 Å². The zero-order valence-corrected chi connectivity index (χ0v) is 13.0. The summed E-state index contributed by atoms with van der Waals surface area (Å²) in [5.74, 6) is 1.31. The highest BCUT2D eigenvalue weighted by molar-refractivity contribution is 5.67. The van der Waals surface area contributed by atoms with Gasteiger partial charge in [-0.25, -0.2) is 4.98 Å². The predicted octanol–water partition coefficient (Wildman–Crippen LogP) is 2.86. The molecule has 1 saturated heterocycles. The molecule has 0 spiro atoms. The highest BCUT2D eigenvalue weighted by atomic mass is 16.5. The first kappa shape index (κ1) is 14.9. The van der Waals surface area contributed by atoms with Gasteiger partial charge in [-0.2, -0.15) is 4.98 Å². The van der Waals surface area contributed by atoms with E-state index in [9.17, 15) is 0 Å². The van der Waals surface area contributed by atoms with Crippen molar-refractivity contribution >= 4 is 11.5 Å². The van der Waals surface area contributed by atoms with Gasteiger partial charge in [-0.1, -0.05) is 13.8 Å². The van der Waals surface area contributed by atoms with E-state index in [1.54, 1.807) is 6.33 Å². The molecule has 1 aliphatic heterocycles. The van der Waals surface area contributed by atoms with Gasteiger partial charge in [0.2, 0.25) is 5.88 Å². The van der Waals surface area contributed by atoms with Crippen LogP contribution in [0, 0.1) is 5.41 Å². The van der Waals surface area contributed by atoms with Gasteiger partial charge in [0, 0.05) is 13.1 Å². The quantitative estimate of drug-likeness (QED) is 0.921. The number of rotatable bonds is 3. The van der Waals surface area contributed by atoms with Crippen molar-refractivity contribution in [2.24, 2.45) is 5.41 Å². The number of nitrogens with two attached hydrogens (primary N) is 1. The molecule has 1 aromatic heterocycles. The molecule has 1 aromatic rings. The van der Waals surface area contributed by atoms with Crippen LogP contribution >= 0.6 is 0 Å². The van der Waals surface area contributed by atoms with Gasteiger partial charge in [0.15, 0.2) is 5.82 Å². The van der Waals surface area contributed by atoms with Crippen molar-refractivity contribution in [1.82, 2.24) is 9.97 Å². The van der Waals surface area contributed by atoms with Crippen molar-refractivity contribution in [3.8, 4) is 5.88 Å². The van der Waals surface area contributed by atoms with Crippen LogP contribution in [0.3, 0.4) is 0 Å². The number of hydrogen-bond donors (Lipinski definition) is 1. The van der Waals surface area contributed by atoms with Crippen LogP contribution in [0.15, 0.2) is 6.33 Å². The van der Waals surface area contributed by atoms with Crippen molar-refractivity contribution in [2.45, 2.75) is 53.1 Å². The Kier molecular flexibility index (Phi) is 4.35. The third-order valence-corrected chi connectivity index (χ3v) is 3.81. The second-order valence-electron chi connectivity index (χ2n) is 6.59. The lowest BCUT2D eigenvalue weighted by Crippen LogP contribution is -2.27. The summed E-state index contributed by atoms with van der Waals surface area (Å²) < 4.78 is 5.65. The fraction of sp³-hybridized carbons (Fsp3) is 0.733. The average Bonchev–Trinajstić information content (AvgIpc) is 2.53. The lowest BCUT2D eigenvalue weighted by atomic mass is 9.85. The van der Waals surface area contributed by atoms with E-state index in [0.717, 1.165) is 31.7 Å². The third-order valence-electron chi connectivity index (χ3n) is 3.81. The number of hydrogen-bond acceptors (Lipinski definition) is 5. The molecule has 5 nitrogen and oxygen atoms in total. The van der Waals surface area contributed by atoms with Gasteiger partial charge < -0.3 is 15.4 Å². The predicted molar refractivity (Wildman–Crippen MR) is 82.1 cm³/mol. The maximum Gasteiger partial charge on any atom is 0.242 e. The van der Waals surface area contributed by atoms with E-state index in [-0.39, 0.29) is 6.10 Å². The van der Waals surface area contributed by atoms with Crippen LogP contribution in [0.25, 0.3) is 0 Å². The van der Waals surface area contributed by atoms with Gasteiger partial charge in [-0.3, -0.25) is 0 Å². The Bertz CT molecular complexity index is 459. The Morgan fingerprint density at radius 2 is 2.00 bits per heavy atom. The molecule has 0 atom stereocenters. The largest absolute Gasteiger partial charge is 0.473 e. The molecule has 0 radical (unpaired) electrons. The van der Waals surface area contributed by atoms with Crippen molar-refractivity contribution < 1.29 is 4.74 Å². The summed E-state index contributed by atoms with van der Waals surface area (Å²) in [5, 5.41) is 0. The molecule has 0 aliphatic carbocycles. The van der Waals surface area contributed by atoms with E-state index in [2.05, 4.69) is 28.7 Å². The number of nitrogen functional groups attached to an aromatic ring is 1. The fourth-order valence-corrected chi connectivity index (χ4v) is 2.57. The van der Waals surface area contributed by atoms with Crippen LogP contribution < -0.4 is 15.4 Å². The van der Waals surface area contributed by atoms with Crippen LogP contribution in [0.1, 0.15) is 47.0 Å². The van der Waals surface area contributed by atoms with Crippen LogP contribution in [-0.4, -0.2) is 29.2 Å². The molecule has 112 valence electrons. The minimum absolute atomic E-state index is 0.0584. The molecule has 2 N–H and O–H groups in total. The first-order chi connectivity index (χ1) is 9.39. The highest BCUT2D eigenvalue weighted by Gasteiger charge is 2.25. The van der Waals surface area contributed by atoms with Gasteiger partial charge >= 0.3 is 0 Å². The molecule has 0 saturated carbocycles. The minimum atomic E-state index is 0.0584. The summed E-state index contributed by atoms with van der Waals surface area (Å²) in [7, 11) is 0. The van der Waals surface area contributed by atoms with Gasteiger partial charge in [0.05, 0.1) is 6.10 Å². The molecule has 5 heteroatoms. The van der Waals surface area contributed by atoms with Crippen molar-refractivity contribution in [2.75, 3.05) is 23.7 Å². The van der Waals surface area contributed by atoms with E-state index in [1.807, 2.05) is 13.8 Å². The molecule has 20 heavy (non-hydrogen) atoms. The van der Waals surface area contributed by atoms with Crippen LogP contribution in [-0.2, 0) is 0 Å². The van der Waals surface area contributed by atoms with E-state index >= 15 is 0 Å². The first-order valence-corrected chi connectivity index (χ1v) is 7.41. The molecule has 2 rings (SSSR count). The fourth-order valence-electron chi connectivity index (χ4n) is 2.57. The van der Waals surface area contributed by atoms with E-state index in [4.69, 9.17) is 10.5 Å². The Morgan fingerprint density at radius 1 is 1.25 bits per heavy atom. The molecule has 1 fully saturated rings. The summed E-state index contributed by atoms with van der Waals surface area (Å²) >= 11 is 0. The van der Waals surface area contributed by atoms with Crippen LogP contribution in [0.4, 0.5) is 11.5 Å². The second-order valence-corrected chi connectivity index (χ2v) is 6.59. The summed E-state index contributed by atoms with van der Waals surface area (Å²) in [4.78, 5) is 10.8. The normalized spacial score (nSPS) is 18.9. The van der Waals surface area contributed by atoms with Gasteiger partial charge in [-0.05, 0) is 38.5 Å². The topological polar surface area (TPSA) is 64.3 Å². The number of ether oxygens (including phenoxy) is 1. The Morgan fingerprint density at radius 3 is 2.70 bits per heavy atom. The lowest BCUT2D eigenvalue weighted by Gasteiger charge is -2.25. The molecule has 0 unspecified atom stereocenters. The number of nitrogens with zero attached hydrogens (tertiary/aromatic N) is 3. The lowest BCUT2D eigenvalue weighted by molar-refractivity contribution is 0.234. The zero-order chi connectivity index (χ0) is 14.8. The standard InChI is InChI=1S/C15H26N4O/c1-11(2)20-14-12(16)13(17-10-18-14)19-8-5-6-15(3,4)7-9-19/h10-11H,5-9,16H2,1-4H3. The van der Waals surface area contributed by atoms with Gasteiger partial charge in [0.1, 0.15) is 12.0 Å². The summed E-state index contributed by atoms with van der Waals surface area (Å²) in [6.07, 6.45) is 5.15. The molecule has 0 bridgehead atoms. The van der Waals surface area contributed by atoms with Crippen molar-refractivity contribution in [3.05, 3.63) is 6.33 Å². The molecular weight excluding hydrogens is 252 g/mol. The maximum absolute atomic E-state index is 6.19. The van der Waals surface area contributed by atoms with E-state index < -0.39 is 0 Å². The smallest absolute Gasteiger partial charge is 0.242 e. The first-order valence-electron chi connectivity index (χ1n) is 7.41. The SMILES string of the molecule is CC(C)Oc1ncnc(N2CCCC(C)(C)CC2)c1N. The van der Waals surface area contributed by atoms with Gasteiger partial charge in [-0.15, -0.1) is 0 Å². The highest BCUT2D eigenvalue weighted by Crippen LogP contribution is 2.34. The molecular formula is C15H26N4O. The minimum Gasteiger partial charge on any atom is -0.473 e. The molecule has 1 aliphatic rings. The summed E-state index contributed by atoms with van der Waals surface area (Å²) in [6.45, 7) is 10.6. The van der Waals surface area contributed by atoms with Crippen molar-refractivity contribution in [3.63, 3.8) is 0 Å². The Hall–Kier alpha value is -1.52. The number of anilines is 2. The Balaban J connectivity index is 2.20. The number of aromatic nitrogens is 2. The molecule has 0 aromatic carbocycles. The molecule has 2 heterocycles. The third kappa shape index (κ3) is 3.52. The second kappa shape index (κ2) is 5.85. The Labute approximate surface area is 121 Å². The van der Waals surface area contributed by atoms with Gasteiger partial charge in [0.25, 0.3) is 0 Å². The average molecular weight is 278 g/mol. The zero-order valence-electron chi connectivity index (χ0n) is 13.0. The maximum atomic E-state index is 6.19. The van der Waals surface area contributed by atoms with Crippen molar-refractivity contribution in [1.29, 1.82) is 0 Å².